The summed E-state index contributed by atoms with van der Waals surface area (Å²) >= 11 is 0. The van der Waals surface area contributed by atoms with E-state index in [0.29, 0.717) is 47.5 Å². The second-order valence-electron chi connectivity index (χ2n) is 8.73. The molecule has 0 aliphatic rings. The van der Waals surface area contributed by atoms with Gasteiger partial charge in [0.05, 0.1) is 22.4 Å². The van der Waals surface area contributed by atoms with E-state index >= 15 is 0 Å². The van der Waals surface area contributed by atoms with E-state index in [4.69, 9.17) is 5.73 Å². The zero-order valence-corrected chi connectivity index (χ0v) is 20.7. The van der Waals surface area contributed by atoms with Crippen molar-refractivity contribution in [1.82, 2.24) is 29.5 Å². The van der Waals surface area contributed by atoms with Crippen molar-refractivity contribution in [3.63, 3.8) is 0 Å². The molecule has 0 saturated heterocycles. The predicted octanol–water partition coefficient (Wildman–Crippen LogP) is 3.17. The van der Waals surface area contributed by atoms with Gasteiger partial charge in [-0.3, -0.25) is 29.1 Å². The number of fused-ring (bicyclic) bond motifs is 1. The Morgan fingerprint density at radius 1 is 1.11 bits per heavy atom. The number of aryl methyl sites for hydroxylation is 4. The lowest BCUT2D eigenvalue weighted by atomic mass is 10.0. The van der Waals surface area contributed by atoms with Gasteiger partial charge in [0.2, 0.25) is 11.9 Å². The molecule has 0 atom stereocenters. The number of nitrogens with two attached hydrogens (primary N) is 1. The number of carbonyl (C=O) groups is 3. The normalized spacial score (nSPS) is 11.2. The molecule has 0 fully saturated rings. The number of amides is 2. The molecule has 188 valence electrons. The first-order valence-electron chi connectivity index (χ1n) is 12.0. The van der Waals surface area contributed by atoms with Crippen molar-refractivity contribution < 1.29 is 14.4 Å². The number of nitrogens with one attached hydrogen (secondary N) is 2. The van der Waals surface area contributed by atoms with Gasteiger partial charge in [-0.15, -0.1) is 0 Å². The van der Waals surface area contributed by atoms with Crippen molar-refractivity contribution in [2.45, 2.75) is 59.5 Å². The molecule has 0 aliphatic carbocycles. The molecule has 0 spiro atoms. The van der Waals surface area contributed by atoms with Gasteiger partial charge in [-0.25, -0.2) is 4.98 Å². The van der Waals surface area contributed by atoms with Crippen LogP contribution in [0.25, 0.3) is 11.0 Å². The number of aldehydes is 1. The van der Waals surface area contributed by atoms with Crippen LogP contribution in [0.3, 0.4) is 0 Å². The smallest absolute Gasteiger partial charge is 0.276 e. The van der Waals surface area contributed by atoms with E-state index in [-0.39, 0.29) is 11.9 Å². The molecule has 1 aromatic carbocycles. The first-order chi connectivity index (χ1) is 17.3. The van der Waals surface area contributed by atoms with Crippen molar-refractivity contribution in [2.75, 3.05) is 5.32 Å². The largest absolute Gasteiger partial charge is 0.366 e. The van der Waals surface area contributed by atoms with Crippen LogP contribution < -0.4 is 11.1 Å². The van der Waals surface area contributed by atoms with E-state index < -0.39 is 5.91 Å². The highest BCUT2D eigenvalue weighted by atomic mass is 16.2. The molecule has 0 unspecified atom stereocenters. The summed E-state index contributed by atoms with van der Waals surface area (Å²) in [6.45, 7) is 6.95. The molecule has 4 N–H and O–H groups in total. The van der Waals surface area contributed by atoms with Gasteiger partial charge >= 0.3 is 0 Å². The van der Waals surface area contributed by atoms with E-state index in [0.717, 1.165) is 42.5 Å². The summed E-state index contributed by atoms with van der Waals surface area (Å²) in [7, 11) is 0. The van der Waals surface area contributed by atoms with E-state index in [1.165, 1.54) is 0 Å². The van der Waals surface area contributed by atoms with Crippen molar-refractivity contribution in [3.8, 4) is 0 Å². The molecule has 2 amide bonds. The lowest BCUT2D eigenvalue weighted by molar-refractivity contribution is 0.0995. The zero-order chi connectivity index (χ0) is 25.8. The Labute approximate surface area is 208 Å². The predicted molar refractivity (Wildman–Crippen MR) is 135 cm³/mol. The minimum atomic E-state index is -0.534. The summed E-state index contributed by atoms with van der Waals surface area (Å²) in [6.07, 6.45) is 4.19. The molecule has 0 radical (unpaired) electrons. The second-order valence-corrected chi connectivity index (χ2v) is 8.73. The van der Waals surface area contributed by atoms with E-state index in [1.54, 1.807) is 33.6 Å². The average Bonchev–Trinajstić information content (AvgIpc) is 3.51. The third-order valence-corrected chi connectivity index (χ3v) is 6.12. The molecule has 36 heavy (non-hydrogen) atoms. The van der Waals surface area contributed by atoms with Gasteiger partial charge in [0, 0.05) is 24.2 Å². The number of nitrogens with zero attached hydrogens (tertiary/aromatic N) is 5. The highest BCUT2D eigenvalue weighted by molar-refractivity contribution is 6.04. The van der Waals surface area contributed by atoms with E-state index in [2.05, 4.69) is 25.5 Å². The first kappa shape index (κ1) is 24.8. The number of hydrogen-bond acceptors (Lipinski definition) is 6. The van der Waals surface area contributed by atoms with Crippen LogP contribution >= 0.6 is 0 Å². The third-order valence-electron chi connectivity index (χ3n) is 6.12. The lowest BCUT2D eigenvalue weighted by Crippen LogP contribution is -2.19. The standard InChI is InChI=1S/C25H30N8O3/c1-4-32-22(24(36)29-25-27-20-10-9-17(23(26)35)13-21(20)28-25)19(16(3)31-32)8-6-5-7-11-33-18(14-34)12-15(2)30-33/h9-10,12-14H,4-8,11H2,1-3H3,(H2,26,35)(H2,27,28,29,36). The monoisotopic (exact) mass is 490 g/mol. The number of H-pyrrole nitrogens is 1. The molecule has 0 bridgehead atoms. The number of rotatable bonds is 11. The Morgan fingerprint density at radius 2 is 1.92 bits per heavy atom. The molecule has 3 aromatic heterocycles. The third kappa shape index (κ3) is 5.19. The Bertz CT molecular complexity index is 1430. The molecule has 11 nitrogen and oxygen atoms in total. The SMILES string of the molecule is CCn1nc(C)c(CCCCCn2nc(C)cc2C=O)c1C(=O)Nc1nc2ccc(C(N)=O)cc2[nH]1. The highest BCUT2D eigenvalue weighted by Gasteiger charge is 2.22. The summed E-state index contributed by atoms with van der Waals surface area (Å²) < 4.78 is 3.44. The van der Waals surface area contributed by atoms with Crippen LogP contribution in [0.4, 0.5) is 5.95 Å². The number of aromatic nitrogens is 6. The minimum Gasteiger partial charge on any atom is -0.366 e. The summed E-state index contributed by atoms with van der Waals surface area (Å²) in [5.74, 6) is -0.554. The van der Waals surface area contributed by atoms with Gasteiger partial charge in [0.15, 0.2) is 6.29 Å². The molecule has 3 heterocycles. The van der Waals surface area contributed by atoms with Gasteiger partial charge in [-0.2, -0.15) is 10.2 Å². The van der Waals surface area contributed by atoms with Crippen LogP contribution in [0.15, 0.2) is 24.3 Å². The number of aromatic amines is 1. The lowest BCUT2D eigenvalue weighted by Gasteiger charge is -2.08. The number of unbranched alkanes of at least 4 members (excludes halogenated alkanes) is 2. The van der Waals surface area contributed by atoms with Crippen molar-refractivity contribution in [1.29, 1.82) is 0 Å². The number of primary amides is 1. The Balaban J connectivity index is 1.43. The Hall–Kier alpha value is -4.28. The van der Waals surface area contributed by atoms with Gasteiger partial charge in [-0.05, 0) is 64.3 Å². The summed E-state index contributed by atoms with van der Waals surface area (Å²) in [5, 5.41) is 11.8. The van der Waals surface area contributed by atoms with Crippen molar-refractivity contribution in [3.05, 3.63) is 58.2 Å². The van der Waals surface area contributed by atoms with Gasteiger partial charge < -0.3 is 10.7 Å². The number of carbonyl (C=O) groups excluding carboxylic acids is 3. The quantitative estimate of drug-likeness (QED) is 0.217. The fraction of sp³-hybridized carbons (Fsp3) is 0.360. The Morgan fingerprint density at radius 3 is 2.64 bits per heavy atom. The number of benzene rings is 1. The van der Waals surface area contributed by atoms with Crippen LogP contribution in [0.5, 0.6) is 0 Å². The molecule has 4 rings (SSSR count). The average molecular weight is 491 g/mol. The first-order valence-corrected chi connectivity index (χ1v) is 12.0. The van der Waals surface area contributed by atoms with Crippen LogP contribution in [0.1, 0.15) is 74.5 Å². The van der Waals surface area contributed by atoms with E-state index in [1.807, 2.05) is 20.8 Å². The number of anilines is 1. The maximum absolute atomic E-state index is 13.3. The highest BCUT2D eigenvalue weighted by Crippen LogP contribution is 2.21. The molecular formula is C25H30N8O3. The van der Waals surface area contributed by atoms with E-state index in [9.17, 15) is 14.4 Å². The molecule has 0 aliphatic heterocycles. The van der Waals surface area contributed by atoms with Crippen molar-refractivity contribution >= 4 is 35.1 Å². The summed E-state index contributed by atoms with van der Waals surface area (Å²) in [6, 6.07) is 6.65. The second kappa shape index (κ2) is 10.5. The zero-order valence-electron chi connectivity index (χ0n) is 20.7. The summed E-state index contributed by atoms with van der Waals surface area (Å²) in [5.41, 5.74) is 10.6. The molecular weight excluding hydrogens is 460 g/mol. The minimum absolute atomic E-state index is 0.282. The number of hydrogen-bond donors (Lipinski definition) is 3. The fourth-order valence-corrected chi connectivity index (χ4v) is 4.37. The molecule has 0 saturated carbocycles. The fourth-order valence-electron chi connectivity index (χ4n) is 4.37. The van der Waals surface area contributed by atoms with Crippen LogP contribution in [0.2, 0.25) is 0 Å². The van der Waals surface area contributed by atoms with Gasteiger partial charge in [0.25, 0.3) is 5.91 Å². The van der Waals surface area contributed by atoms with Gasteiger partial charge in [0.1, 0.15) is 11.4 Å². The number of imidazole rings is 1. The maximum atomic E-state index is 13.3. The molecule has 4 aromatic rings. The van der Waals surface area contributed by atoms with Crippen LogP contribution in [-0.4, -0.2) is 47.6 Å². The topological polar surface area (TPSA) is 154 Å². The van der Waals surface area contributed by atoms with Crippen molar-refractivity contribution in [2.24, 2.45) is 5.73 Å². The molecule has 11 heteroatoms. The Kier molecular flexibility index (Phi) is 7.28. The maximum Gasteiger partial charge on any atom is 0.276 e. The summed E-state index contributed by atoms with van der Waals surface area (Å²) in [4.78, 5) is 43.3. The van der Waals surface area contributed by atoms with Gasteiger partial charge in [-0.1, -0.05) is 6.42 Å². The van der Waals surface area contributed by atoms with Crippen LogP contribution in [0, 0.1) is 13.8 Å². The van der Waals surface area contributed by atoms with Crippen LogP contribution in [-0.2, 0) is 19.5 Å².